The van der Waals surface area contributed by atoms with E-state index in [1.54, 1.807) is 0 Å². The molecule has 0 aliphatic rings. The molecule has 0 fully saturated rings. The highest BCUT2D eigenvalue weighted by Gasteiger charge is 2.17. The molecule has 0 saturated carbocycles. The smallest absolute Gasteiger partial charge is 0.308 e. The van der Waals surface area contributed by atoms with Gasteiger partial charge in [-0.1, -0.05) is 136 Å². The molecule has 2 atom stereocenters. The van der Waals surface area contributed by atoms with Crippen LogP contribution in [0.4, 0.5) is 0 Å². The number of hydrogen-bond donors (Lipinski definition) is 0. The van der Waals surface area contributed by atoms with Crippen molar-refractivity contribution in [2.24, 2.45) is 5.92 Å². The van der Waals surface area contributed by atoms with Crippen LogP contribution < -0.4 is 0 Å². The molecule has 0 rings (SSSR count). The van der Waals surface area contributed by atoms with Gasteiger partial charge in [0.2, 0.25) is 0 Å². The van der Waals surface area contributed by atoms with E-state index >= 15 is 0 Å². The number of unbranched alkanes of at least 4 members (excludes halogenated alkanes) is 16. The first-order valence-electron chi connectivity index (χ1n) is 14.9. The molecule has 0 radical (unpaired) electrons. The van der Waals surface area contributed by atoms with Crippen LogP contribution in [-0.4, -0.2) is 18.9 Å². The maximum absolute atomic E-state index is 12.4. The van der Waals surface area contributed by atoms with Gasteiger partial charge in [-0.3, -0.25) is 4.79 Å². The van der Waals surface area contributed by atoms with E-state index in [2.05, 4.69) is 20.8 Å². The van der Waals surface area contributed by atoms with Gasteiger partial charge in [-0.15, -0.1) is 0 Å². The van der Waals surface area contributed by atoms with Crippen molar-refractivity contribution < 1.29 is 14.3 Å². The summed E-state index contributed by atoms with van der Waals surface area (Å²) in [5.74, 6) is 0.403. The van der Waals surface area contributed by atoms with Crippen molar-refractivity contribution in [3.63, 3.8) is 0 Å². The van der Waals surface area contributed by atoms with Gasteiger partial charge in [0, 0.05) is 6.42 Å². The summed E-state index contributed by atoms with van der Waals surface area (Å²) in [6, 6.07) is 0. The summed E-state index contributed by atoms with van der Waals surface area (Å²) < 4.78 is 11.0. The Labute approximate surface area is 208 Å². The third-order valence-electron chi connectivity index (χ3n) is 6.74. The van der Waals surface area contributed by atoms with Gasteiger partial charge in [0.15, 0.2) is 6.29 Å². The van der Waals surface area contributed by atoms with E-state index in [1.807, 2.05) is 6.92 Å². The molecule has 2 unspecified atom stereocenters. The van der Waals surface area contributed by atoms with Crippen LogP contribution in [0.1, 0.15) is 169 Å². The van der Waals surface area contributed by atoms with Crippen molar-refractivity contribution in [2.45, 2.75) is 175 Å². The Balaban J connectivity index is 4.09. The van der Waals surface area contributed by atoms with E-state index in [0.29, 0.717) is 18.9 Å². The first-order valence-corrected chi connectivity index (χ1v) is 14.9. The second kappa shape index (κ2) is 26.0. The molecule has 0 N–H and O–H groups in total. The van der Waals surface area contributed by atoms with E-state index in [9.17, 15) is 4.79 Å². The minimum atomic E-state index is -0.418. The van der Waals surface area contributed by atoms with Crippen molar-refractivity contribution in [3.05, 3.63) is 0 Å². The second-order valence-corrected chi connectivity index (χ2v) is 10.2. The molecular formula is C30H60O3. The lowest BCUT2D eigenvalue weighted by molar-refractivity contribution is -0.175. The van der Waals surface area contributed by atoms with E-state index in [0.717, 1.165) is 6.42 Å². The van der Waals surface area contributed by atoms with Crippen LogP contribution in [-0.2, 0) is 14.3 Å². The third-order valence-corrected chi connectivity index (χ3v) is 6.74. The average Bonchev–Trinajstić information content (AvgIpc) is 2.80. The molecule has 0 aliphatic carbocycles. The zero-order chi connectivity index (χ0) is 24.4. The summed E-state index contributed by atoms with van der Waals surface area (Å²) in [4.78, 5) is 12.4. The third kappa shape index (κ3) is 24.4. The highest BCUT2D eigenvalue weighted by Crippen LogP contribution is 2.23. The van der Waals surface area contributed by atoms with Crippen LogP contribution in [0.5, 0.6) is 0 Å². The van der Waals surface area contributed by atoms with Crippen LogP contribution in [0.25, 0.3) is 0 Å². The normalized spacial score (nSPS) is 13.2. The number of ether oxygens (including phenoxy) is 2. The number of carbonyl (C=O) groups excluding carboxylic acids is 1. The average molecular weight is 469 g/mol. The highest BCUT2D eigenvalue weighted by atomic mass is 16.7. The molecule has 0 saturated heterocycles. The van der Waals surface area contributed by atoms with Crippen molar-refractivity contribution in [2.75, 3.05) is 6.61 Å². The standard InChI is InChI=1S/C30H60O3/c1-5-8-10-12-14-16-17-19-21-23-25-29(24-22-20-18-15-13-11-9-6-2)27-30(31)33-28(4)32-26-7-3/h28-29H,5-27H2,1-4H3. The van der Waals surface area contributed by atoms with Crippen molar-refractivity contribution >= 4 is 5.97 Å². The summed E-state index contributed by atoms with van der Waals surface area (Å²) >= 11 is 0. The molecule has 0 aromatic heterocycles. The van der Waals surface area contributed by atoms with Gasteiger partial charge >= 0.3 is 5.97 Å². The Hall–Kier alpha value is -0.570. The summed E-state index contributed by atoms with van der Waals surface area (Å²) in [7, 11) is 0. The van der Waals surface area contributed by atoms with E-state index in [-0.39, 0.29) is 5.97 Å². The van der Waals surface area contributed by atoms with Gasteiger partial charge in [-0.25, -0.2) is 0 Å². The highest BCUT2D eigenvalue weighted by molar-refractivity contribution is 5.69. The SMILES string of the molecule is CCCCCCCCCCCCC(CCCCCCCCCC)CC(=O)OC(C)OCCC. The molecule has 0 amide bonds. The topological polar surface area (TPSA) is 35.5 Å². The molecule has 3 nitrogen and oxygen atoms in total. The molecule has 33 heavy (non-hydrogen) atoms. The molecule has 0 aromatic rings. The number of rotatable bonds is 26. The molecule has 0 heterocycles. The predicted molar refractivity (Wildman–Crippen MR) is 144 cm³/mol. The van der Waals surface area contributed by atoms with Crippen molar-refractivity contribution in [1.82, 2.24) is 0 Å². The molecular weight excluding hydrogens is 408 g/mol. The van der Waals surface area contributed by atoms with Crippen molar-refractivity contribution in [1.29, 1.82) is 0 Å². The lowest BCUT2D eigenvalue weighted by Crippen LogP contribution is -2.20. The summed E-state index contributed by atoms with van der Waals surface area (Å²) in [6.07, 6.45) is 27.9. The minimum absolute atomic E-state index is 0.0738. The Bertz CT molecular complexity index is 396. The summed E-state index contributed by atoms with van der Waals surface area (Å²) in [5, 5.41) is 0. The predicted octanol–water partition coefficient (Wildman–Crippen LogP) is 10.2. The zero-order valence-electron chi connectivity index (χ0n) is 23.1. The fraction of sp³-hybridized carbons (Fsp3) is 0.967. The Morgan fingerprint density at radius 2 is 0.970 bits per heavy atom. The van der Waals surface area contributed by atoms with Gasteiger partial charge in [0.25, 0.3) is 0 Å². The molecule has 3 heteroatoms. The fourth-order valence-corrected chi connectivity index (χ4v) is 4.62. The maximum atomic E-state index is 12.4. The second-order valence-electron chi connectivity index (χ2n) is 10.2. The van der Waals surface area contributed by atoms with Crippen LogP contribution in [0.2, 0.25) is 0 Å². The molecule has 0 bridgehead atoms. The first-order chi connectivity index (χ1) is 16.1. The molecule has 0 aromatic carbocycles. The lowest BCUT2D eigenvalue weighted by Gasteiger charge is -2.19. The van der Waals surface area contributed by atoms with E-state index < -0.39 is 6.29 Å². The minimum Gasteiger partial charge on any atom is -0.436 e. The quantitative estimate of drug-likeness (QED) is 0.0719. The fourth-order valence-electron chi connectivity index (χ4n) is 4.62. The molecule has 0 spiro atoms. The van der Waals surface area contributed by atoms with Crippen LogP contribution in [0.15, 0.2) is 0 Å². The Morgan fingerprint density at radius 3 is 1.36 bits per heavy atom. The monoisotopic (exact) mass is 468 g/mol. The van der Waals surface area contributed by atoms with Gasteiger partial charge in [0.1, 0.15) is 0 Å². The molecule has 198 valence electrons. The summed E-state index contributed by atoms with van der Waals surface area (Å²) in [5.41, 5.74) is 0. The molecule has 0 aliphatic heterocycles. The zero-order valence-corrected chi connectivity index (χ0v) is 23.1. The number of carbonyl (C=O) groups is 1. The van der Waals surface area contributed by atoms with Crippen molar-refractivity contribution in [3.8, 4) is 0 Å². The van der Waals surface area contributed by atoms with Gasteiger partial charge < -0.3 is 9.47 Å². The lowest BCUT2D eigenvalue weighted by atomic mass is 9.91. The van der Waals surface area contributed by atoms with Crippen LogP contribution >= 0.6 is 0 Å². The largest absolute Gasteiger partial charge is 0.436 e. The number of hydrogen-bond acceptors (Lipinski definition) is 3. The summed E-state index contributed by atoms with van der Waals surface area (Å²) in [6.45, 7) is 9.11. The van der Waals surface area contributed by atoms with Gasteiger partial charge in [-0.05, 0) is 32.1 Å². The Kier molecular flexibility index (Phi) is 25.6. The first kappa shape index (κ1) is 32.4. The maximum Gasteiger partial charge on any atom is 0.308 e. The van der Waals surface area contributed by atoms with Gasteiger partial charge in [-0.2, -0.15) is 0 Å². The number of esters is 1. The van der Waals surface area contributed by atoms with E-state index in [4.69, 9.17) is 9.47 Å². The van der Waals surface area contributed by atoms with Gasteiger partial charge in [0.05, 0.1) is 6.61 Å². The van der Waals surface area contributed by atoms with Crippen LogP contribution in [0.3, 0.4) is 0 Å². The Morgan fingerprint density at radius 1 is 0.576 bits per heavy atom. The van der Waals surface area contributed by atoms with E-state index in [1.165, 1.54) is 128 Å². The van der Waals surface area contributed by atoms with Crippen LogP contribution in [0, 0.1) is 5.92 Å².